The monoisotopic (exact) mass is 374 g/mol. The molecule has 4 rings (SSSR count). The van der Waals surface area contributed by atoms with E-state index in [0.717, 1.165) is 10.9 Å². The van der Waals surface area contributed by atoms with Gasteiger partial charge >= 0.3 is 0 Å². The summed E-state index contributed by atoms with van der Waals surface area (Å²) >= 11 is 0. The van der Waals surface area contributed by atoms with Crippen LogP contribution in [-0.2, 0) is 19.5 Å². The largest absolute Gasteiger partial charge is 0.342 e. The van der Waals surface area contributed by atoms with Crippen molar-refractivity contribution in [3.8, 4) is 0 Å². The predicted molar refractivity (Wildman–Crippen MR) is 107 cm³/mol. The van der Waals surface area contributed by atoms with Crippen LogP contribution < -0.4 is 0 Å². The first-order valence-electron chi connectivity index (χ1n) is 9.34. The van der Waals surface area contributed by atoms with Crippen LogP contribution in [-0.4, -0.2) is 32.6 Å². The van der Waals surface area contributed by atoms with Crippen molar-refractivity contribution in [1.82, 2.24) is 19.6 Å². The van der Waals surface area contributed by atoms with E-state index in [9.17, 15) is 4.79 Å². The number of fused-ring (bicyclic) bond motifs is 1. The molecule has 0 aliphatic heterocycles. The van der Waals surface area contributed by atoms with Crippen LogP contribution in [0, 0.1) is 0 Å². The minimum Gasteiger partial charge on any atom is -0.342 e. The first-order chi connectivity index (χ1) is 13.7. The molecule has 1 amide bonds. The van der Waals surface area contributed by atoms with Crippen molar-refractivity contribution < 1.29 is 9.32 Å². The normalized spacial score (nSPS) is 11.1. The number of hydrogen-bond acceptors (Lipinski definition) is 4. The van der Waals surface area contributed by atoms with Crippen molar-refractivity contribution >= 4 is 16.8 Å². The summed E-state index contributed by atoms with van der Waals surface area (Å²) in [6.45, 7) is 2.96. The molecule has 2 heterocycles. The van der Waals surface area contributed by atoms with E-state index < -0.39 is 0 Å². The lowest BCUT2D eigenvalue weighted by atomic mass is 10.1. The second kappa shape index (κ2) is 7.68. The molecule has 28 heavy (non-hydrogen) atoms. The molecule has 0 unspecified atom stereocenters. The smallest absolute Gasteiger partial charge is 0.256 e. The number of benzene rings is 2. The van der Waals surface area contributed by atoms with Crippen LogP contribution in [0.5, 0.6) is 0 Å². The maximum absolute atomic E-state index is 13.1. The molecule has 2 aromatic heterocycles. The van der Waals surface area contributed by atoms with Gasteiger partial charge in [0.05, 0.1) is 12.1 Å². The molecule has 2 aromatic carbocycles. The van der Waals surface area contributed by atoms with Gasteiger partial charge in [-0.2, -0.15) is 4.98 Å². The van der Waals surface area contributed by atoms with Crippen molar-refractivity contribution in [2.24, 2.45) is 0 Å². The molecule has 0 radical (unpaired) electrons. The Morgan fingerprint density at radius 3 is 2.61 bits per heavy atom. The number of rotatable bonds is 6. The summed E-state index contributed by atoms with van der Waals surface area (Å²) in [5, 5.41) is 4.83. The van der Waals surface area contributed by atoms with E-state index in [4.69, 9.17) is 4.52 Å². The second-order valence-corrected chi connectivity index (χ2v) is 6.79. The van der Waals surface area contributed by atoms with Gasteiger partial charge in [0.1, 0.15) is 0 Å². The number of aryl methyl sites for hydroxylation is 1. The lowest BCUT2D eigenvalue weighted by Crippen LogP contribution is -2.26. The highest BCUT2D eigenvalue weighted by molar-refractivity contribution is 6.06. The van der Waals surface area contributed by atoms with Gasteiger partial charge in [0, 0.05) is 37.1 Å². The Kier molecular flexibility index (Phi) is 4.93. The third-order valence-corrected chi connectivity index (χ3v) is 4.76. The molecule has 4 aromatic rings. The highest BCUT2D eigenvalue weighted by Gasteiger charge is 2.20. The molecule has 0 spiro atoms. The zero-order valence-electron chi connectivity index (χ0n) is 16.0. The number of aromatic nitrogens is 3. The molecule has 0 bridgehead atoms. The molecule has 0 fully saturated rings. The SMILES string of the molecule is CCc1noc(CN(C)C(=O)c2cn(Cc3ccccc3)c3ccccc23)n1. The number of carbonyl (C=O) groups is 1. The van der Waals surface area contributed by atoms with E-state index in [2.05, 4.69) is 26.8 Å². The Hall–Kier alpha value is -3.41. The summed E-state index contributed by atoms with van der Waals surface area (Å²) in [6.07, 6.45) is 2.63. The van der Waals surface area contributed by atoms with E-state index in [1.807, 2.05) is 55.6 Å². The van der Waals surface area contributed by atoms with Crippen molar-refractivity contribution in [2.45, 2.75) is 26.4 Å². The van der Waals surface area contributed by atoms with Gasteiger partial charge in [0.2, 0.25) is 5.89 Å². The van der Waals surface area contributed by atoms with Gasteiger partial charge in [0.15, 0.2) is 5.82 Å². The molecule has 0 aliphatic rings. The average Bonchev–Trinajstić information content (AvgIpc) is 3.33. The van der Waals surface area contributed by atoms with Crippen molar-refractivity contribution in [3.05, 3.63) is 83.6 Å². The molecule has 0 N–H and O–H groups in total. The van der Waals surface area contributed by atoms with Gasteiger partial charge in [-0.05, 0) is 11.6 Å². The molecular formula is C22H22N4O2. The summed E-state index contributed by atoms with van der Waals surface area (Å²) < 4.78 is 7.34. The Morgan fingerprint density at radius 2 is 1.86 bits per heavy atom. The van der Waals surface area contributed by atoms with Gasteiger partial charge in [-0.25, -0.2) is 0 Å². The van der Waals surface area contributed by atoms with E-state index in [1.165, 1.54) is 5.56 Å². The highest BCUT2D eigenvalue weighted by atomic mass is 16.5. The van der Waals surface area contributed by atoms with Crippen molar-refractivity contribution in [2.75, 3.05) is 7.05 Å². The van der Waals surface area contributed by atoms with Crippen molar-refractivity contribution in [3.63, 3.8) is 0 Å². The van der Waals surface area contributed by atoms with Crippen LogP contribution >= 0.6 is 0 Å². The molecule has 6 nitrogen and oxygen atoms in total. The lowest BCUT2D eigenvalue weighted by molar-refractivity contribution is 0.0771. The number of nitrogens with zero attached hydrogens (tertiary/aromatic N) is 4. The Morgan fingerprint density at radius 1 is 1.11 bits per heavy atom. The van der Waals surface area contributed by atoms with E-state index in [-0.39, 0.29) is 12.5 Å². The van der Waals surface area contributed by atoms with Crippen molar-refractivity contribution in [1.29, 1.82) is 0 Å². The standard InChI is InChI=1S/C22H22N4O2/c1-3-20-23-21(28-24-20)15-25(2)22(27)18-14-26(13-16-9-5-4-6-10-16)19-12-8-7-11-17(18)19/h4-12,14H,3,13,15H2,1-2H3. The first-order valence-corrected chi connectivity index (χ1v) is 9.34. The van der Waals surface area contributed by atoms with E-state index in [0.29, 0.717) is 30.2 Å². The third-order valence-electron chi connectivity index (χ3n) is 4.76. The Bertz CT molecular complexity index is 1100. The number of amides is 1. The Balaban J connectivity index is 1.63. The topological polar surface area (TPSA) is 64.2 Å². The summed E-state index contributed by atoms with van der Waals surface area (Å²) in [7, 11) is 1.75. The zero-order valence-corrected chi connectivity index (χ0v) is 16.0. The summed E-state index contributed by atoms with van der Waals surface area (Å²) in [4.78, 5) is 19.0. The molecule has 0 saturated carbocycles. The summed E-state index contributed by atoms with van der Waals surface area (Å²) in [5.74, 6) is 1.02. The zero-order chi connectivity index (χ0) is 19.5. The first kappa shape index (κ1) is 18.0. The van der Waals surface area contributed by atoms with E-state index >= 15 is 0 Å². The van der Waals surface area contributed by atoms with Gasteiger partial charge in [0.25, 0.3) is 5.91 Å². The number of para-hydroxylation sites is 1. The molecule has 0 atom stereocenters. The fourth-order valence-electron chi connectivity index (χ4n) is 3.31. The maximum Gasteiger partial charge on any atom is 0.256 e. The fraction of sp³-hybridized carbons (Fsp3) is 0.227. The minimum atomic E-state index is -0.0701. The maximum atomic E-state index is 13.1. The van der Waals surface area contributed by atoms with E-state index in [1.54, 1.807) is 11.9 Å². The lowest BCUT2D eigenvalue weighted by Gasteiger charge is -2.14. The molecule has 0 saturated heterocycles. The molecular weight excluding hydrogens is 352 g/mol. The third kappa shape index (κ3) is 3.53. The van der Waals surface area contributed by atoms with Crippen LogP contribution in [0.2, 0.25) is 0 Å². The summed E-state index contributed by atoms with van der Waals surface area (Å²) in [6, 6.07) is 18.2. The second-order valence-electron chi connectivity index (χ2n) is 6.79. The van der Waals surface area contributed by atoms with Gasteiger partial charge in [-0.15, -0.1) is 0 Å². The highest BCUT2D eigenvalue weighted by Crippen LogP contribution is 2.24. The number of carbonyl (C=O) groups excluding carboxylic acids is 1. The van der Waals surface area contributed by atoms with Crippen LogP contribution in [0.15, 0.2) is 65.3 Å². The quantitative estimate of drug-likeness (QED) is 0.513. The van der Waals surface area contributed by atoms with Gasteiger partial charge in [-0.1, -0.05) is 60.6 Å². The predicted octanol–water partition coefficient (Wildman–Crippen LogP) is 3.91. The molecule has 142 valence electrons. The number of hydrogen-bond donors (Lipinski definition) is 0. The van der Waals surface area contributed by atoms with Gasteiger partial charge in [-0.3, -0.25) is 4.79 Å². The fourth-order valence-corrected chi connectivity index (χ4v) is 3.31. The molecule has 6 heteroatoms. The Labute approximate surface area is 163 Å². The van der Waals surface area contributed by atoms with Crippen LogP contribution in [0.4, 0.5) is 0 Å². The molecule has 0 aliphatic carbocycles. The van der Waals surface area contributed by atoms with Crippen LogP contribution in [0.25, 0.3) is 10.9 Å². The van der Waals surface area contributed by atoms with Gasteiger partial charge < -0.3 is 14.0 Å². The minimum absolute atomic E-state index is 0.0701. The van der Waals surface area contributed by atoms with Crippen LogP contribution in [0.3, 0.4) is 0 Å². The average molecular weight is 374 g/mol. The summed E-state index contributed by atoms with van der Waals surface area (Å²) in [5.41, 5.74) is 2.90. The van der Waals surface area contributed by atoms with Crippen LogP contribution in [0.1, 0.15) is 34.6 Å².